The summed E-state index contributed by atoms with van der Waals surface area (Å²) in [6, 6.07) is 6.39. The van der Waals surface area contributed by atoms with Crippen molar-refractivity contribution in [2.75, 3.05) is 5.32 Å². The van der Waals surface area contributed by atoms with Gasteiger partial charge in [-0.1, -0.05) is 17.7 Å². The molecule has 2 rings (SSSR count). The van der Waals surface area contributed by atoms with E-state index in [2.05, 4.69) is 5.32 Å². The lowest BCUT2D eigenvalue weighted by Gasteiger charge is -2.11. The molecule has 1 aromatic carbocycles. The molecule has 0 saturated heterocycles. The first-order chi connectivity index (χ1) is 9.36. The minimum Gasteiger partial charge on any atom is -0.324 e. The largest absolute Gasteiger partial charge is 0.416 e. The predicted octanol–water partition coefficient (Wildman–Crippen LogP) is 4.60. The van der Waals surface area contributed by atoms with E-state index in [0.717, 1.165) is 23.1 Å². The lowest BCUT2D eigenvalue weighted by atomic mass is 10.2. The number of nitrogens with one attached hydrogen (secondary N) is 1. The summed E-state index contributed by atoms with van der Waals surface area (Å²) >= 11 is 7.19. The molecule has 2 aromatic rings. The predicted molar refractivity (Wildman–Crippen MR) is 73.1 cm³/mol. The van der Waals surface area contributed by atoms with E-state index in [1.165, 1.54) is 11.3 Å². The standard InChI is InChI=1S/C13H9ClF3NOS/c14-10-4-3-8(13(15,16)17)6-11(10)18-12(19)7-9-2-1-5-20-9/h1-6H,7H2,(H,18,19). The fraction of sp³-hybridized carbons (Fsp3) is 0.154. The van der Waals surface area contributed by atoms with Crippen LogP contribution in [0.25, 0.3) is 0 Å². The van der Waals surface area contributed by atoms with Crippen molar-refractivity contribution < 1.29 is 18.0 Å². The van der Waals surface area contributed by atoms with Crippen LogP contribution in [0.15, 0.2) is 35.7 Å². The van der Waals surface area contributed by atoms with Gasteiger partial charge in [-0.25, -0.2) is 0 Å². The molecule has 0 aliphatic rings. The summed E-state index contributed by atoms with van der Waals surface area (Å²) in [6.45, 7) is 0. The summed E-state index contributed by atoms with van der Waals surface area (Å²) < 4.78 is 37.8. The molecule has 0 radical (unpaired) electrons. The van der Waals surface area contributed by atoms with Gasteiger partial charge in [-0.15, -0.1) is 11.3 Å². The van der Waals surface area contributed by atoms with Crippen molar-refractivity contribution in [3.63, 3.8) is 0 Å². The third kappa shape index (κ3) is 3.74. The normalized spacial score (nSPS) is 11.4. The number of hydrogen-bond acceptors (Lipinski definition) is 2. The molecule has 106 valence electrons. The molecular formula is C13H9ClF3NOS. The van der Waals surface area contributed by atoms with Gasteiger partial charge in [0.05, 0.1) is 22.7 Å². The first kappa shape index (κ1) is 14.9. The summed E-state index contributed by atoms with van der Waals surface area (Å²) in [5.41, 5.74) is -0.892. The van der Waals surface area contributed by atoms with Crippen LogP contribution in [0.3, 0.4) is 0 Å². The highest BCUT2D eigenvalue weighted by Gasteiger charge is 2.31. The van der Waals surface area contributed by atoms with E-state index in [-0.39, 0.29) is 17.1 Å². The van der Waals surface area contributed by atoms with Gasteiger partial charge in [-0.05, 0) is 29.6 Å². The lowest BCUT2D eigenvalue weighted by Crippen LogP contribution is -2.15. The molecule has 1 heterocycles. The molecule has 0 bridgehead atoms. The third-order valence-electron chi connectivity index (χ3n) is 2.48. The van der Waals surface area contributed by atoms with Gasteiger partial charge in [-0.3, -0.25) is 4.79 Å². The first-order valence-electron chi connectivity index (χ1n) is 5.55. The van der Waals surface area contributed by atoms with E-state index in [1.54, 1.807) is 12.1 Å². The maximum Gasteiger partial charge on any atom is 0.416 e. The maximum atomic E-state index is 12.6. The van der Waals surface area contributed by atoms with Gasteiger partial charge in [0.1, 0.15) is 0 Å². The van der Waals surface area contributed by atoms with E-state index in [9.17, 15) is 18.0 Å². The van der Waals surface area contributed by atoms with Crippen LogP contribution < -0.4 is 5.32 Å². The number of carbonyl (C=O) groups excluding carboxylic acids is 1. The van der Waals surface area contributed by atoms with Crippen molar-refractivity contribution in [1.82, 2.24) is 0 Å². The molecule has 0 atom stereocenters. The van der Waals surface area contributed by atoms with E-state index >= 15 is 0 Å². The number of thiophene rings is 1. The SMILES string of the molecule is O=C(Cc1cccs1)Nc1cc(C(F)(F)F)ccc1Cl. The summed E-state index contributed by atoms with van der Waals surface area (Å²) in [5.74, 6) is -0.409. The Morgan fingerprint density at radius 2 is 2.05 bits per heavy atom. The summed E-state index contributed by atoms with van der Waals surface area (Å²) in [5, 5.41) is 4.28. The van der Waals surface area contributed by atoms with Crippen molar-refractivity contribution in [2.24, 2.45) is 0 Å². The fourth-order valence-electron chi connectivity index (χ4n) is 1.56. The van der Waals surface area contributed by atoms with E-state index in [4.69, 9.17) is 11.6 Å². The number of carbonyl (C=O) groups is 1. The van der Waals surface area contributed by atoms with Crippen molar-refractivity contribution >= 4 is 34.5 Å². The van der Waals surface area contributed by atoms with Crippen molar-refractivity contribution in [2.45, 2.75) is 12.6 Å². The Bertz CT molecular complexity index is 611. The van der Waals surface area contributed by atoms with Gasteiger partial charge in [0.2, 0.25) is 5.91 Å². The summed E-state index contributed by atoms with van der Waals surface area (Å²) in [7, 11) is 0. The lowest BCUT2D eigenvalue weighted by molar-refractivity contribution is -0.137. The molecule has 0 fully saturated rings. The maximum absolute atomic E-state index is 12.6. The molecule has 0 aliphatic carbocycles. The summed E-state index contributed by atoms with van der Waals surface area (Å²) in [6.07, 6.45) is -4.37. The fourth-order valence-corrected chi connectivity index (χ4v) is 2.43. The van der Waals surface area contributed by atoms with E-state index < -0.39 is 17.6 Å². The molecule has 2 nitrogen and oxygen atoms in total. The highest BCUT2D eigenvalue weighted by molar-refractivity contribution is 7.10. The Hall–Kier alpha value is -1.53. The molecule has 1 aromatic heterocycles. The van der Waals surface area contributed by atoms with Crippen LogP contribution in [0, 0.1) is 0 Å². The molecule has 0 saturated carbocycles. The molecule has 0 spiro atoms. The second-order valence-corrected chi connectivity index (χ2v) is 5.44. The van der Waals surface area contributed by atoms with Gasteiger partial charge >= 0.3 is 6.18 Å². The molecule has 20 heavy (non-hydrogen) atoms. The quantitative estimate of drug-likeness (QED) is 0.880. The van der Waals surface area contributed by atoms with E-state index in [1.807, 2.05) is 5.38 Å². The molecule has 0 aliphatic heterocycles. The highest BCUT2D eigenvalue weighted by atomic mass is 35.5. The molecule has 1 N–H and O–H groups in total. The van der Waals surface area contributed by atoms with Gasteiger partial charge < -0.3 is 5.32 Å². The van der Waals surface area contributed by atoms with Crippen LogP contribution >= 0.6 is 22.9 Å². The van der Waals surface area contributed by atoms with Crippen LogP contribution in [-0.2, 0) is 17.4 Å². The number of anilines is 1. The minimum atomic E-state index is -4.47. The number of benzene rings is 1. The van der Waals surface area contributed by atoms with Gasteiger partial charge in [0, 0.05) is 4.88 Å². The Morgan fingerprint density at radius 3 is 2.65 bits per heavy atom. The Labute approximate surface area is 122 Å². The third-order valence-corrected chi connectivity index (χ3v) is 3.69. The van der Waals surface area contributed by atoms with Crippen LogP contribution in [-0.4, -0.2) is 5.91 Å². The number of alkyl halides is 3. The second kappa shape index (κ2) is 5.85. The zero-order chi connectivity index (χ0) is 14.8. The highest BCUT2D eigenvalue weighted by Crippen LogP contribution is 2.33. The number of amides is 1. The average Bonchev–Trinajstić information content (AvgIpc) is 2.83. The zero-order valence-electron chi connectivity index (χ0n) is 10.00. The van der Waals surface area contributed by atoms with Crippen LogP contribution in [0.4, 0.5) is 18.9 Å². The number of halogens is 4. The van der Waals surface area contributed by atoms with E-state index in [0.29, 0.717) is 0 Å². The zero-order valence-corrected chi connectivity index (χ0v) is 11.6. The van der Waals surface area contributed by atoms with Crippen LogP contribution in [0.5, 0.6) is 0 Å². The van der Waals surface area contributed by atoms with Crippen molar-refractivity contribution in [3.05, 3.63) is 51.2 Å². The van der Waals surface area contributed by atoms with Gasteiger partial charge in [0.25, 0.3) is 0 Å². The molecule has 1 amide bonds. The smallest absolute Gasteiger partial charge is 0.324 e. The van der Waals surface area contributed by atoms with Crippen molar-refractivity contribution in [3.8, 4) is 0 Å². The Balaban J connectivity index is 2.14. The number of hydrogen-bond donors (Lipinski definition) is 1. The molecule has 7 heteroatoms. The molecule has 0 unspecified atom stereocenters. The average molecular weight is 320 g/mol. The van der Waals surface area contributed by atoms with Crippen molar-refractivity contribution in [1.29, 1.82) is 0 Å². The topological polar surface area (TPSA) is 29.1 Å². The number of rotatable bonds is 3. The van der Waals surface area contributed by atoms with Gasteiger partial charge in [-0.2, -0.15) is 13.2 Å². The monoisotopic (exact) mass is 319 g/mol. The molecular weight excluding hydrogens is 311 g/mol. The van der Waals surface area contributed by atoms with Crippen LogP contribution in [0.2, 0.25) is 5.02 Å². The Morgan fingerprint density at radius 1 is 1.30 bits per heavy atom. The van der Waals surface area contributed by atoms with Gasteiger partial charge in [0.15, 0.2) is 0 Å². The Kier molecular flexibility index (Phi) is 4.35. The minimum absolute atomic E-state index is 0.0388. The first-order valence-corrected chi connectivity index (χ1v) is 6.81. The van der Waals surface area contributed by atoms with Crippen LogP contribution in [0.1, 0.15) is 10.4 Å². The summed E-state index contributed by atoms with van der Waals surface area (Å²) in [4.78, 5) is 12.6. The second-order valence-electron chi connectivity index (χ2n) is 4.00.